The predicted molar refractivity (Wildman–Crippen MR) is 54.9 cm³/mol. The molecule has 0 aromatic heterocycles. The minimum atomic E-state index is 0.962. The Morgan fingerprint density at radius 2 is 2.17 bits per heavy atom. The number of anilines is 1. The van der Waals surface area contributed by atoms with Crippen LogP contribution in [0, 0.1) is 6.92 Å². The molecule has 2 nitrogen and oxygen atoms in total. The lowest BCUT2D eigenvalue weighted by Crippen LogP contribution is -2.19. The highest BCUT2D eigenvalue weighted by molar-refractivity contribution is 7.90. The molecule has 0 bridgehead atoms. The monoisotopic (exact) mass is 178 g/mol. The van der Waals surface area contributed by atoms with Crippen molar-refractivity contribution in [3.8, 4) is 0 Å². The fraction of sp³-hybridized carbons (Fsp3) is 0.111. The van der Waals surface area contributed by atoms with Gasteiger partial charge in [0.05, 0.1) is 5.69 Å². The van der Waals surface area contributed by atoms with Crippen LogP contribution in [0.2, 0.25) is 0 Å². The Morgan fingerprint density at radius 1 is 1.33 bits per heavy atom. The number of aryl methyl sites for hydroxylation is 1. The van der Waals surface area contributed by atoms with Crippen LogP contribution >= 0.6 is 12.6 Å². The van der Waals surface area contributed by atoms with Gasteiger partial charge in [-0.15, -0.1) is 12.6 Å². The summed E-state index contributed by atoms with van der Waals surface area (Å²) in [5.41, 5.74) is 9.46. The van der Waals surface area contributed by atoms with Crippen molar-refractivity contribution in [1.29, 1.82) is 0 Å². The molecule has 0 aliphatic carbocycles. The first-order chi connectivity index (χ1) is 5.77. The van der Waals surface area contributed by atoms with E-state index in [2.05, 4.69) is 48.6 Å². The van der Waals surface area contributed by atoms with Crippen LogP contribution in [-0.2, 0) is 0 Å². The summed E-state index contributed by atoms with van der Waals surface area (Å²) in [7, 11) is 0. The maximum Gasteiger partial charge on any atom is 0.0626 e. The van der Waals surface area contributed by atoms with Gasteiger partial charge in [0.25, 0.3) is 0 Å². The predicted octanol–water partition coefficient (Wildman–Crippen LogP) is 2.15. The van der Waals surface area contributed by atoms with Crippen molar-refractivity contribution < 1.29 is 0 Å². The lowest BCUT2D eigenvalue weighted by molar-refractivity contribution is 1.05. The summed E-state index contributed by atoms with van der Waals surface area (Å²) in [6.07, 6.45) is 1.83. The van der Waals surface area contributed by atoms with Gasteiger partial charge in [-0.25, -0.2) is 0 Å². The molecular formula is C9H10N2S. The van der Waals surface area contributed by atoms with Crippen molar-refractivity contribution in [3.63, 3.8) is 0 Å². The molecule has 1 heterocycles. The van der Waals surface area contributed by atoms with Gasteiger partial charge in [-0.2, -0.15) is 0 Å². The van der Waals surface area contributed by atoms with E-state index < -0.39 is 0 Å². The van der Waals surface area contributed by atoms with Gasteiger partial charge in [0, 0.05) is 16.7 Å². The molecule has 0 fully saturated rings. The van der Waals surface area contributed by atoms with Gasteiger partial charge in [-0.05, 0) is 18.6 Å². The SMILES string of the molecule is Cc1ccc2c(c1)NNC=C2S. The quantitative estimate of drug-likeness (QED) is 0.530. The Bertz CT molecular complexity index is 344. The number of fused-ring (bicyclic) bond motifs is 1. The highest BCUT2D eigenvalue weighted by atomic mass is 32.1. The van der Waals surface area contributed by atoms with Gasteiger partial charge in [-0.3, -0.25) is 0 Å². The van der Waals surface area contributed by atoms with E-state index >= 15 is 0 Å². The molecular weight excluding hydrogens is 168 g/mol. The number of nitrogens with one attached hydrogen (secondary N) is 2. The second kappa shape index (κ2) is 2.75. The Hall–Kier alpha value is -1.09. The van der Waals surface area contributed by atoms with Gasteiger partial charge in [-0.1, -0.05) is 12.1 Å². The van der Waals surface area contributed by atoms with E-state index in [4.69, 9.17) is 0 Å². The first kappa shape index (κ1) is 7.55. The molecule has 0 amide bonds. The number of benzene rings is 1. The average molecular weight is 178 g/mol. The van der Waals surface area contributed by atoms with E-state index in [9.17, 15) is 0 Å². The van der Waals surface area contributed by atoms with E-state index in [1.165, 1.54) is 5.56 Å². The zero-order chi connectivity index (χ0) is 8.55. The normalized spacial score (nSPS) is 14.0. The fourth-order valence-electron chi connectivity index (χ4n) is 1.24. The number of rotatable bonds is 0. The summed E-state index contributed by atoms with van der Waals surface area (Å²) >= 11 is 4.33. The van der Waals surface area contributed by atoms with Crippen molar-refractivity contribution >= 4 is 23.2 Å². The van der Waals surface area contributed by atoms with E-state index in [1.807, 2.05) is 6.20 Å². The van der Waals surface area contributed by atoms with E-state index in [-0.39, 0.29) is 0 Å². The third-order valence-electron chi connectivity index (χ3n) is 1.87. The Kier molecular flexibility index (Phi) is 1.73. The molecule has 62 valence electrons. The van der Waals surface area contributed by atoms with Crippen LogP contribution in [-0.4, -0.2) is 0 Å². The van der Waals surface area contributed by atoms with Crippen molar-refractivity contribution in [2.75, 3.05) is 5.43 Å². The van der Waals surface area contributed by atoms with Crippen molar-refractivity contribution in [1.82, 2.24) is 5.43 Å². The minimum Gasteiger partial charge on any atom is -0.307 e. The molecule has 0 saturated heterocycles. The first-order valence-corrected chi connectivity index (χ1v) is 4.24. The van der Waals surface area contributed by atoms with E-state index in [1.54, 1.807) is 0 Å². The Labute approximate surface area is 77.1 Å². The van der Waals surface area contributed by atoms with Gasteiger partial charge >= 0.3 is 0 Å². The average Bonchev–Trinajstić information content (AvgIpc) is 2.04. The van der Waals surface area contributed by atoms with Crippen molar-refractivity contribution in [2.45, 2.75) is 6.92 Å². The lowest BCUT2D eigenvalue weighted by atomic mass is 10.1. The third kappa shape index (κ3) is 1.16. The molecule has 12 heavy (non-hydrogen) atoms. The summed E-state index contributed by atoms with van der Waals surface area (Å²) in [5, 5.41) is 0. The molecule has 0 atom stereocenters. The summed E-state index contributed by atoms with van der Waals surface area (Å²) in [4.78, 5) is 0.962. The van der Waals surface area contributed by atoms with Gasteiger partial charge in [0.15, 0.2) is 0 Å². The van der Waals surface area contributed by atoms with Crippen LogP contribution in [0.15, 0.2) is 24.4 Å². The molecule has 2 N–H and O–H groups in total. The third-order valence-corrected chi connectivity index (χ3v) is 2.24. The van der Waals surface area contributed by atoms with Crippen molar-refractivity contribution in [3.05, 3.63) is 35.5 Å². The van der Waals surface area contributed by atoms with Crippen LogP contribution < -0.4 is 10.9 Å². The molecule has 1 aliphatic heterocycles. The largest absolute Gasteiger partial charge is 0.307 e. The van der Waals surface area contributed by atoms with Crippen LogP contribution in [0.25, 0.3) is 4.91 Å². The molecule has 2 rings (SSSR count). The molecule has 1 aliphatic rings. The Morgan fingerprint density at radius 3 is 3.00 bits per heavy atom. The fourth-order valence-corrected chi connectivity index (χ4v) is 1.50. The van der Waals surface area contributed by atoms with E-state index in [0.717, 1.165) is 16.2 Å². The second-order valence-corrected chi connectivity index (χ2v) is 3.33. The second-order valence-electron chi connectivity index (χ2n) is 2.85. The maximum absolute atomic E-state index is 4.33. The molecule has 0 spiro atoms. The molecule has 0 unspecified atom stereocenters. The minimum absolute atomic E-state index is 0.962. The van der Waals surface area contributed by atoms with E-state index in [0.29, 0.717) is 0 Å². The molecule has 1 aromatic rings. The summed E-state index contributed by atoms with van der Waals surface area (Å²) in [6, 6.07) is 6.23. The topological polar surface area (TPSA) is 24.1 Å². The zero-order valence-corrected chi connectivity index (χ0v) is 7.65. The molecule has 0 saturated carbocycles. The lowest BCUT2D eigenvalue weighted by Gasteiger charge is -2.17. The molecule has 1 aromatic carbocycles. The summed E-state index contributed by atoms with van der Waals surface area (Å²) < 4.78 is 0. The standard InChI is InChI=1S/C9H10N2S/c1-6-2-3-7-8(4-6)11-10-5-9(7)12/h2-5,10-12H,1H3. The Balaban J connectivity index is 2.56. The number of hydrogen-bond acceptors (Lipinski definition) is 3. The van der Waals surface area contributed by atoms with Gasteiger partial charge in [0.2, 0.25) is 0 Å². The summed E-state index contributed by atoms with van der Waals surface area (Å²) in [5.74, 6) is 0. The highest BCUT2D eigenvalue weighted by Crippen LogP contribution is 2.28. The van der Waals surface area contributed by atoms with Gasteiger partial charge in [0.1, 0.15) is 0 Å². The van der Waals surface area contributed by atoms with Crippen LogP contribution in [0.3, 0.4) is 0 Å². The first-order valence-electron chi connectivity index (χ1n) is 3.79. The van der Waals surface area contributed by atoms with Gasteiger partial charge < -0.3 is 10.9 Å². The number of thiol groups is 1. The number of hydrazine groups is 1. The highest BCUT2D eigenvalue weighted by Gasteiger charge is 2.07. The molecule has 0 radical (unpaired) electrons. The van der Waals surface area contributed by atoms with Crippen LogP contribution in [0.4, 0.5) is 5.69 Å². The van der Waals surface area contributed by atoms with Crippen LogP contribution in [0.5, 0.6) is 0 Å². The summed E-state index contributed by atoms with van der Waals surface area (Å²) in [6.45, 7) is 2.07. The van der Waals surface area contributed by atoms with Crippen LogP contribution in [0.1, 0.15) is 11.1 Å². The number of hydrogen-bond donors (Lipinski definition) is 3. The van der Waals surface area contributed by atoms with Crippen molar-refractivity contribution in [2.24, 2.45) is 0 Å². The molecule has 3 heteroatoms. The smallest absolute Gasteiger partial charge is 0.0626 e. The maximum atomic E-state index is 4.33. The zero-order valence-electron chi connectivity index (χ0n) is 6.76.